The summed E-state index contributed by atoms with van der Waals surface area (Å²) in [4.78, 5) is 13.1. The third-order valence-corrected chi connectivity index (χ3v) is 6.05. The molecular weight excluding hydrogens is 387 g/mol. The van der Waals surface area contributed by atoms with Crippen molar-refractivity contribution in [2.45, 2.75) is 37.6 Å². The van der Waals surface area contributed by atoms with E-state index in [9.17, 15) is 17.6 Å². The highest BCUT2D eigenvalue weighted by Gasteiger charge is 2.27. The van der Waals surface area contributed by atoms with Gasteiger partial charge >= 0.3 is 6.09 Å². The molecule has 1 N–H and O–H groups in total. The van der Waals surface area contributed by atoms with Gasteiger partial charge in [-0.3, -0.25) is 0 Å². The molecule has 1 fully saturated rings. The SMILES string of the molecule is CCOC(=O)N1CCC(NS(=O)(=O)c2ccc(-n3cc(C)cn3)c(F)c2)CC1. The predicted octanol–water partition coefficient (Wildman–Crippen LogP) is 2.22. The van der Waals surface area contributed by atoms with Crippen LogP contribution in [0.15, 0.2) is 35.5 Å². The van der Waals surface area contributed by atoms with Gasteiger partial charge in [-0.05, 0) is 50.5 Å². The van der Waals surface area contributed by atoms with Crippen LogP contribution < -0.4 is 4.72 Å². The molecule has 152 valence electrons. The van der Waals surface area contributed by atoms with E-state index in [1.54, 1.807) is 24.2 Å². The minimum atomic E-state index is -3.88. The Hall–Kier alpha value is -2.46. The van der Waals surface area contributed by atoms with Gasteiger partial charge in [0.25, 0.3) is 0 Å². The summed E-state index contributed by atoms with van der Waals surface area (Å²) in [6.45, 7) is 4.66. The maximum Gasteiger partial charge on any atom is 0.409 e. The van der Waals surface area contributed by atoms with Crippen LogP contribution in [-0.2, 0) is 14.8 Å². The fraction of sp³-hybridized carbons (Fsp3) is 0.444. The molecule has 1 saturated heterocycles. The van der Waals surface area contributed by atoms with Crippen molar-refractivity contribution in [3.05, 3.63) is 42.0 Å². The molecule has 1 aliphatic rings. The number of benzene rings is 1. The zero-order valence-corrected chi connectivity index (χ0v) is 16.6. The number of aryl methyl sites for hydroxylation is 1. The van der Waals surface area contributed by atoms with Crippen LogP contribution in [0.25, 0.3) is 5.69 Å². The van der Waals surface area contributed by atoms with Crippen molar-refractivity contribution >= 4 is 16.1 Å². The van der Waals surface area contributed by atoms with Crippen LogP contribution in [0.4, 0.5) is 9.18 Å². The van der Waals surface area contributed by atoms with Gasteiger partial charge in [-0.2, -0.15) is 5.10 Å². The van der Waals surface area contributed by atoms with Crippen molar-refractivity contribution in [3.8, 4) is 5.69 Å². The number of likely N-dealkylation sites (tertiary alicyclic amines) is 1. The van der Waals surface area contributed by atoms with E-state index >= 15 is 0 Å². The fourth-order valence-corrected chi connectivity index (χ4v) is 4.38. The Labute approximate surface area is 163 Å². The largest absolute Gasteiger partial charge is 0.450 e. The molecule has 0 aliphatic carbocycles. The lowest BCUT2D eigenvalue weighted by atomic mass is 10.1. The van der Waals surface area contributed by atoms with Gasteiger partial charge in [0.2, 0.25) is 10.0 Å². The second-order valence-electron chi connectivity index (χ2n) is 6.66. The van der Waals surface area contributed by atoms with E-state index in [4.69, 9.17) is 4.74 Å². The second-order valence-corrected chi connectivity index (χ2v) is 8.37. The normalized spacial score (nSPS) is 15.6. The molecular formula is C18H23FN4O4S. The molecule has 0 spiro atoms. The topological polar surface area (TPSA) is 93.5 Å². The number of rotatable bonds is 5. The first-order chi connectivity index (χ1) is 13.3. The van der Waals surface area contributed by atoms with Gasteiger partial charge < -0.3 is 9.64 Å². The smallest absolute Gasteiger partial charge is 0.409 e. The Kier molecular flexibility index (Phi) is 5.99. The highest BCUT2D eigenvalue weighted by Crippen LogP contribution is 2.20. The maximum atomic E-state index is 14.5. The summed E-state index contributed by atoms with van der Waals surface area (Å²) in [5.74, 6) is -0.678. The average molecular weight is 410 g/mol. The molecule has 2 heterocycles. The van der Waals surface area contributed by atoms with Crippen LogP contribution in [0, 0.1) is 12.7 Å². The lowest BCUT2D eigenvalue weighted by Gasteiger charge is -2.31. The molecule has 2 aromatic rings. The summed E-state index contributed by atoms with van der Waals surface area (Å²) in [6, 6.07) is 3.40. The fourth-order valence-electron chi connectivity index (χ4n) is 3.07. The molecule has 0 unspecified atom stereocenters. The zero-order valence-electron chi connectivity index (χ0n) is 15.8. The van der Waals surface area contributed by atoms with Crippen LogP contribution in [-0.4, -0.2) is 54.9 Å². The van der Waals surface area contributed by atoms with E-state index in [0.29, 0.717) is 32.5 Å². The summed E-state index contributed by atoms with van der Waals surface area (Å²) in [5, 5.41) is 4.04. The number of piperidine rings is 1. The van der Waals surface area contributed by atoms with Gasteiger partial charge in [0, 0.05) is 25.3 Å². The molecule has 28 heavy (non-hydrogen) atoms. The minimum Gasteiger partial charge on any atom is -0.450 e. The van der Waals surface area contributed by atoms with Crippen molar-refractivity contribution in [1.29, 1.82) is 0 Å². The van der Waals surface area contributed by atoms with E-state index in [1.807, 2.05) is 6.92 Å². The molecule has 1 aliphatic heterocycles. The molecule has 0 radical (unpaired) electrons. The van der Waals surface area contributed by atoms with Crippen molar-refractivity contribution in [1.82, 2.24) is 19.4 Å². The highest BCUT2D eigenvalue weighted by molar-refractivity contribution is 7.89. The number of sulfonamides is 1. The maximum absolute atomic E-state index is 14.5. The molecule has 0 saturated carbocycles. The van der Waals surface area contributed by atoms with Gasteiger partial charge in [-0.15, -0.1) is 0 Å². The van der Waals surface area contributed by atoms with E-state index in [-0.39, 0.29) is 16.6 Å². The molecule has 8 nitrogen and oxygen atoms in total. The highest BCUT2D eigenvalue weighted by atomic mass is 32.2. The molecule has 0 bridgehead atoms. The average Bonchev–Trinajstić information content (AvgIpc) is 3.08. The first-order valence-corrected chi connectivity index (χ1v) is 10.5. The Bertz CT molecular complexity index is 952. The van der Waals surface area contributed by atoms with Gasteiger partial charge in [-0.1, -0.05) is 0 Å². The van der Waals surface area contributed by atoms with Crippen LogP contribution in [0.5, 0.6) is 0 Å². The lowest BCUT2D eigenvalue weighted by Crippen LogP contribution is -2.46. The summed E-state index contributed by atoms with van der Waals surface area (Å²) in [7, 11) is -3.88. The zero-order chi connectivity index (χ0) is 20.3. The standard InChI is InChI=1S/C18H23FN4O4S/c1-3-27-18(24)22-8-6-14(7-9-22)21-28(25,26)15-4-5-17(16(19)10-15)23-12-13(2)11-20-23/h4-5,10-12,14,21H,3,6-9H2,1-2H3. The van der Waals surface area contributed by atoms with Gasteiger partial charge in [0.15, 0.2) is 0 Å². The third kappa shape index (κ3) is 4.50. The number of carbonyl (C=O) groups is 1. The quantitative estimate of drug-likeness (QED) is 0.816. The number of ether oxygens (including phenoxy) is 1. The minimum absolute atomic E-state index is 0.148. The Balaban J connectivity index is 1.67. The van der Waals surface area contributed by atoms with Crippen molar-refractivity contribution < 1.29 is 22.3 Å². The van der Waals surface area contributed by atoms with Crippen LogP contribution in [0.1, 0.15) is 25.3 Å². The molecule has 1 amide bonds. The van der Waals surface area contributed by atoms with Gasteiger partial charge in [0.05, 0.1) is 17.7 Å². The van der Waals surface area contributed by atoms with Gasteiger partial charge in [-0.25, -0.2) is 27.0 Å². The lowest BCUT2D eigenvalue weighted by molar-refractivity contribution is 0.0966. The van der Waals surface area contributed by atoms with Crippen LogP contribution in [0.3, 0.4) is 0 Å². The molecule has 1 aromatic heterocycles. The number of amides is 1. The summed E-state index contributed by atoms with van der Waals surface area (Å²) >= 11 is 0. The number of carbonyl (C=O) groups excluding carboxylic acids is 1. The van der Waals surface area contributed by atoms with Crippen molar-refractivity contribution in [2.24, 2.45) is 0 Å². The number of nitrogens with zero attached hydrogens (tertiary/aromatic N) is 3. The number of nitrogens with one attached hydrogen (secondary N) is 1. The third-order valence-electron chi connectivity index (χ3n) is 4.53. The summed E-state index contributed by atoms with van der Waals surface area (Å²) in [6.07, 6.45) is 3.78. The first kappa shape index (κ1) is 20.3. The van der Waals surface area contributed by atoms with Crippen molar-refractivity contribution in [2.75, 3.05) is 19.7 Å². The Morgan fingerprint density at radius 3 is 2.64 bits per heavy atom. The Morgan fingerprint density at radius 1 is 1.36 bits per heavy atom. The summed E-state index contributed by atoms with van der Waals surface area (Å²) in [5.41, 5.74) is 1.04. The number of aromatic nitrogens is 2. The van der Waals surface area contributed by atoms with E-state index in [0.717, 1.165) is 11.6 Å². The number of hydrogen-bond acceptors (Lipinski definition) is 5. The first-order valence-electron chi connectivity index (χ1n) is 9.05. The molecule has 0 atom stereocenters. The van der Waals surface area contributed by atoms with Crippen LogP contribution >= 0.6 is 0 Å². The van der Waals surface area contributed by atoms with Crippen LogP contribution in [0.2, 0.25) is 0 Å². The number of hydrogen-bond donors (Lipinski definition) is 1. The monoisotopic (exact) mass is 410 g/mol. The van der Waals surface area contributed by atoms with E-state index in [2.05, 4.69) is 9.82 Å². The summed E-state index contributed by atoms with van der Waals surface area (Å²) < 4.78 is 48.6. The molecule has 10 heteroatoms. The second kappa shape index (κ2) is 8.27. The van der Waals surface area contributed by atoms with E-state index in [1.165, 1.54) is 16.8 Å². The predicted molar refractivity (Wildman–Crippen MR) is 100 cm³/mol. The van der Waals surface area contributed by atoms with Crippen molar-refractivity contribution in [3.63, 3.8) is 0 Å². The molecule has 3 rings (SSSR count). The van der Waals surface area contributed by atoms with E-state index < -0.39 is 21.9 Å². The number of halogens is 1. The Morgan fingerprint density at radius 2 is 2.07 bits per heavy atom. The van der Waals surface area contributed by atoms with Gasteiger partial charge in [0.1, 0.15) is 11.5 Å². The molecule has 1 aromatic carbocycles.